The molecule has 21 heavy (non-hydrogen) atoms. The van der Waals surface area contributed by atoms with E-state index >= 15 is 0 Å². The summed E-state index contributed by atoms with van der Waals surface area (Å²) in [6.07, 6.45) is 4.85. The van der Waals surface area contributed by atoms with Crippen LogP contribution in [0.3, 0.4) is 0 Å². The Morgan fingerprint density at radius 3 is 3.05 bits per heavy atom. The van der Waals surface area contributed by atoms with Crippen LogP contribution in [-0.4, -0.2) is 31.3 Å². The fourth-order valence-electron chi connectivity index (χ4n) is 2.91. The predicted octanol–water partition coefficient (Wildman–Crippen LogP) is 3.11. The Bertz CT molecular complexity index is 459. The quantitative estimate of drug-likeness (QED) is 0.878. The number of thiophene rings is 1. The summed E-state index contributed by atoms with van der Waals surface area (Å²) in [6, 6.07) is 2.34. The molecule has 5 heteroatoms. The number of urea groups is 1. The highest BCUT2D eigenvalue weighted by Crippen LogP contribution is 2.38. The van der Waals surface area contributed by atoms with Crippen LogP contribution in [-0.2, 0) is 4.74 Å². The van der Waals surface area contributed by atoms with Gasteiger partial charge in [0.15, 0.2) is 0 Å². The van der Waals surface area contributed by atoms with Crippen LogP contribution < -0.4 is 10.6 Å². The molecular weight excluding hydrogens is 284 g/mol. The van der Waals surface area contributed by atoms with Crippen molar-refractivity contribution >= 4 is 17.4 Å². The third kappa shape index (κ3) is 4.20. The third-order valence-corrected chi connectivity index (χ3v) is 5.18. The van der Waals surface area contributed by atoms with Crippen molar-refractivity contribution in [3.05, 3.63) is 22.4 Å². The lowest BCUT2D eigenvalue weighted by atomic mass is 10.0. The molecular formula is C16H24N2O2S. The van der Waals surface area contributed by atoms with E-state index in [1.165, 1.54) is 18.4 Å². The molecule has 0 spiro atoms. The molecule has 1 aliphatic heterocycles. The first-order valence-electron chi connectivity index (χ1n) is 7.90. The molecule has 2 amide bonds. The summed E-state index contributed by atoms with van der Waals surface area (Å²) in [5.41, 5.74) is 1.29. The Morgan fingerprint density at radius 1 is 1.48 bits per heavy atom. The average molecular weight is 308 g/mol. The van der Waals surface area contributed by atoms with E-state index in [0.717, 1.165) is 25.4 Å². The van der Waals surface area contributed by atoms with Crippen molar-refractivity contribution in [3.63, 3.8) is 0 Å². The molecule has 116 valence electrons. The second-order valence-electron chi connectivity index (χ2n) is 6.28. The third-order valence-electron chi connectivity index (χ3n) is 4.48. The first-order valence-corrected chi connectivity index (χ1v) is 8.84. The van der Waals surface area contributed by atoms with Crippen molar-refractivity contribution in [2.45, 2.75) is 50.7 Å². The van der Waals surface area contributed by atoms with E-state index in [1.54, 1.807) is 11.3 Å². The monoisotopic (exact) mass is 308 g/mol. The maximum atomic E-state index is 12.0. The zero-order valence-electron chi connectivity index (χ0n) is 12.5. The van der Waals surface area contributed by atoms with Crippen LogP contribution in [0.1, 0.15) is 44.1 Å². The predicted molar refractivity (Wildman–Crippen MR) is 84.8 cm³/mol. The van der Waals surface area contributed by atoms with Crippen LogP contribution in [0.25, 0.3) is 0 Å². The molecule has 2 aliphatic rings. The highest BCUT2D eigenvalue weighted by atomic mass is 32.1. The Labute approximate surface area is 130 Å². The summed E-state index contributed by atoms with van der Waals surface area (Å²) in [4.78, 5) is 12.0. The summed E-state index contributed by atoms with van der Waals surface area (Å²) in [5.74, 6) is 1.10. The van der Waals surface area contributed by atoms with E-state index in [1.807, 2.05) is 0 Å². The fraction of sp³-hybridized carbons (Fsp3) is 0.688. The zero-order valence-corrected chi connectivity index (χ0v) is 13.3. The minimum absolute atomic E-state index is 0.0430. The van der Waals surface area contributed by atoms with Gasteiger partial charge >= 0.3 is 6.03 Å². The normalized spacial score (nSPS) is 27.1. The van der Waals surface area contributed by atoms with Gasteiger partial charge in [-0.15, -0.1) is 0 Å². The fourth-order valence-corrected chi connectivity index (χ4v) is 3.69. The van der Waals surface area contributed by atoms with Gasteiger partial charge in [-0.2, -0.15) is 11.3 Å². The molecule has 0 unspecified atom stereocenters. The first-order chi connectivity index (χ1) is 10.2. The number of nitrogens with one attached hydrogen (secondary N) is 2. The van der Waals surface area contributed by atoms with Crippen molar-refractivity contribution in [3.8, 4) is 0 Å². The molecule has 0 bridgehead atoms. The first kappa shape index (κ1) is 14.9. The van der Waals surface area contributed by atoms with Crippen molar-refractivity contribution in [1.82, 2.24) is 10.6 Å². The molecule has 3 rings (SSSR count). The molecule has 1 aromatic heterocycles. The van der Waals surface area contributed by atoms with E-state index in [2.05, 4.69) is 34.4 Å². The van der Waals surface area contributed by atoms with Crippen molar-refractivity contribution in [2.75, 3.05) is 13.2 Å². The maximum absolute atomic E-state index is 12.0. The highest BCUT2D eigenvalue weighted by Gasteiger charge is 2.36. The lowest BCUT2D eigenvalue weighted by molar-refractivity contribution is -0.00914. The van der Waals surface area contributed by atoms with Crippen LogP contribution in [0, 0.1) is 5.92 Å². The Morgan fingerprint density at radius 2 is 2.33 bits per heavy atom. The largest absolute Gasteiger partial charge is 0.378 e. The standard InChI is InChI=1S/C16H24N2O2S/c1-11(13-5-7-21-10-13)9-17-16(19)18-14-4-6-20-15(8-14)12-2-3-12/h5,7,10-12,14-15H,2-4,6,8-9H2,1H3,(H2,17,18,19)/t11-,14+,15-/m1/s1. The molecule has 2 N–H and O–H groups in total. The van der Waals surface area contributed by atoms with Crippen LogP contribution in [0.2, 0.25) is 0 Å². The number of hydrogen-bond acceptors (Lipinski definition) is 3. The molecule has 2 fully saturated rings. The summed E-state index contributed by atoms with van der Waals surface area (Å²) in [5, 5.41) is 10.3. The van der Waals surface area contributed by atoms with E-state index in [4.69, 9.17) is 4.74 Å². The van der Waals surface area contributed by atoms with Gasteiger partial charge in [0, 0.05) is 19.2 Å². The van der Waals surface area contributed by atoms with Gasteiger partial charge in [-0.1, -0.05) is 6.92 Å². The number of carbonyl (C=O) groups excluding carboxylic acids is 1. The smallest absolute Gasteiger partial charge is 0.315 e. The highest BCUT2D eigenvalue weighted by molar-refractivity contribution is 7.07. The summed E-state index contributed by atoms with van der Waals surface area (Å²) < 4.78 is 5.79. The molecule has 0 radical (unpaired) electrons. The van der Waals surface area contributed by atoms with Gasteiger partial charge in [-0.3, -0.25) is 0 Å². The second-order valence-corrected chi connectivity index (χ2v) is 7.06. The van der Waals surface area contributed by atoms with Gasteiger partial charge in [0.2, 0.25) is 0 Å². The van der Waals surface area contributed by atoms with Gasteiger partial charge in [-0.25, -0.2) is 4.79 Å². The van der Waals surface area contributed by atoms with Gasteiger partial charge in [0.05, 0.1) is 6.10 Å². The number of hydrogen-bond donors (Lipinski definition) is 2. The number of amides is 2. The van der Waals surface area contributed by atoms with E-state index in [9.17, 15) is 4.79 Å². The minimum Gasteiger partial charge on any atom is -0.378 e. The molecule has 1 saturated heterocycles. The van der Waals surface area contributed by atoms with Crippen molar-refractivity contribution < 1.29 is 9.53 Å². The molecule has 1 aromatic rings. The average Bonchev–Trinajstić information content (AvgIpc) is 3.20. The van der Waals surface area contributed by atoms with Crippen molar-refractivity contribution in [2.24, 2.45) is 5.92 Å². The van der Waals surface area contributed by atoms with Gasteiger partial charge in [0.1, 0.15) is 0 Å². The van der Waals surface area contributed by atoms with Crippen LogP contribution in [0.5, 0.6) is 0 Å². The van der Waals surface area contributed by atoms with Crippen molar-refractivity contribution in [1.29, 1.82) is 0 Å². The van der Waals surface area contributed by atoms with Crippen LogP contribution in [0.4, 0.5) is 4.79 Å². The number of rotatable bonds is 5. The summed E-state index contributed by atoms with van der Waals surface area (Å²) >= 11 is 1.70. The summed E-state index contributed by atoms with van der Waals surface area (Å²) in [6.45, 7) is 3.59. The second kappa shape index (κ2) is 6.79. The number of carbonyl (C=O) groups is 1. The minimum atomic E-state index is -0.0430. The molecule has 1 aliphatic carbocycles. The van der Waals surface area contributed by atoms with Gasteiger partial charge in [0.25, 0.3) is 0 Å². The van der Waals surface area contributed by atoms with Gasteiger partial charge in [-0.05, 0) is 59.9 Å². The molecule has 2 heterocycles. The van der Waals surface area contributed by atoms with E-state index in [-0.39, 0.29) is 12.1 Å². The Balaban J connectivity index is 1.39. The SMILES string of the molecule is C[C@H](CNC(=O)N[C@H]1CCO[C@@H](C2CC2)C1)c1ccsc1. The molecule has 0 aromatic carbocycles. The van der Waals surface area contributed by atoms with Crippen LogP contribution >= 0.6 is 11.3 Å². The lowest BCUT2D eigenvalue weighted by Gasteiger charge is -2.30. The van der Waals surface area contributed by atoms with E-state index in [0.29, 0.717) is 18.6 Å². The molecule has 1 saturated carbocycles. The topological polar surface area (TPSA) is 50.4 Å². The number of ether oxygens (including phenoxy) is 1. The van der Waals surface area contributed by atoms with E-state index < -0.39 is 0 Å². The Kier molecular flexibility index (Phi) is 4.80. The van der Waals surface area contributed by atoms with Crippen LogP contribution in [0.15, 0.2) is 16.8 Å². The molecule has 3 atom stereocenters. The Hall–Kier alpha value is -1.07. The maximum Gasteiger partial charge on any atom is 0.315 e. The summed E-state index contributed by atoms with van der Waals surface area (Å²) in [7, 11) is 0. The lowest BCUT2D eigenvalue weighted by Crippen LogP contribution is -2.47. The zero-order chi connectivity index (χ0) is 14.7. The van der Waals surface area contributed by atoms with Gasteiger partial charge < -0.3 is 15.4 Å². The molecule has 4 nitrogen and oxygen atoms in total.